The molecule has 0 aromatic heterocycles. The molecule has 3 rings (SSSR count). The number of amides is 1. The summed E-state index contributed by atoms with van der Waals surface area (Å²) in [5.74, 6) is 0.245. The highest BCUT2D eigenvalue weighted by molar-refractivity contribution is 7.92. The summed E-state index contributed by atoms with van der Waals surface area (Å²) in [5, 5.41) is 2.45. The molecule has 0 spiro atoms. The molecule has 0 atom stereocenters. The van der Waals surface area contributed by atoms with Gasteiger partial charge in [-0.3, -0.25) is 4.79 Å². The van der Waals surface area contributed by atoms with Crippen LogP contribution in [0.1, 0.15) is 36.0 Å². The van der Waals surface area contributed by atoms with Gasteiger partial charge in [0.1, 0.15) is 12.4 Å². The summed E-state index contributed by atoms with van der Waals surface area (Å²) in [7, 11) is -1.77. The maximum Gasteiger partial charge on any atom is 0.255 e. The first kappa shape index (κ1) is 20.4. The first-order chi connectivity index (χ1) is 13.5. The third-order valence-electron chi connectivity index (χ3n) is 4.81. The topological polar surface area (TPSA) is 81.7 Å². The number of rotatable bonds is 8. The third kappa shape index (κ3) is 4.91. The van der Waals surface area contributed by atoms with Crippen LogP contribution in [0.15, 0.2) is 53.4 Å². The van der Waals surface area contributed by atoms with Crippen molar-refractivity contribution in [2.24, 2.45) is 0 Å². The van der Waals surface area contributed by atoms with Crippen molar-refractivity contribution >= 4 is 21.4 Å². The lowest BCUT2D eigenvalue weighted by Gasteiger charge is -2.13. The first-order valence-electron chi connectivity index (χ1n) is 9.38. The molecule has 6 nitrogen and oxygen atoms in total. The van der Waals surface area contributed by atoms with Crippen molar-refractivity contribution in [3.63, 3.8) is 0 Å². The van der Waals surface area contributed by atoms with Crippen LogP contribution in [0.3, 0.4) is 0 Å². The second-order valence-electron chi connectivity index (χ2n) is 6.80. The SMILES string of the molecule is COCCOc1cccc(C(=O)Nc2cccc(S(=O)(=O)C3CCCC3)c2)c1. The van der Waals surface area contributed by atoms with Crippen molar-refractivity contribution in [2.45, 2.75) is 35.8 Å². The fourth-order valence-electron chi connectivity index (χ4n) is 3.32. The number of carbonyl (C=O) groups is 1. The fourth-order valence-corrected chi connectivity index (χ4v) is 5.21. The lowest BCUT2D eigenvalue weighted by atomic mass is 10.2. The van der Waals surface area contributed by atoms with E-state index in [1.54, 1.807) is 49.6 Å². The Morgan fingerprint density at radius 3 is 2.57 bits per heavy atom. The average molecular weight is 404 g/mol. The molecule has 1 aliphatic carbocycles. The van der Waals surface area contributed by atoms with Crippen LogP contribution in [-0.2, 0) is 14.6 Å². The molecular weight excluding hydrogens is 378 g/mol. The van der Waals surface area contributed by atoms with E-state index in [-0.39, 0.29) is 16.1 Å². The van der Waals surface area contributed by atoms with Crippen LogP contribution in [-0.4, -0.2) is 39.9 Å². The second-order valence-corrected chi connectivity index (χ2v) is 9.03. The lowest BCUT2D eigenvalue weighted by molar-refractivity contribution is 0.102. The molecule has 0 radical (unpaired) electrons. The fraction of sp³-hybridized carbons (Fsp3) is 0.381. The Morgan fingerprint density at radius 1 is 1.07 bits per heavy atom. The van der Waals surface area contributed by atoms with Gasteiger partial charge in [0.05, 0.1) is 16.8 Å². The van der Waals surface area contributed by atoms with E-state index in [1.165, 1.54) is 6.07 Å². The summed E-state index contributed by atoms with van der Waals surface area (Å²) in [6.45, 7) is 0.849. The molecule has 1 aliphatic rings. The van der Waals surface area contributed by atoms with Crippen LogP contribution in [0, 0.1) is 0 Å². The largest absolute Gasteiger partial charge is 0.491 e. The highest BCUT2D eigenvalue weighted by Gasteiger charge is 2.30. The van der Waals surface area contributed by atoms with Crippen LogP contribution in [0.5, 0.6) is 5.75 Å². The van der Waals surface area contributed by atoms with Crippen LogP contribution in [0.25, 0.3) is 0 Å². The predicted molar refractivity (Wildman–Crippen MR) is 108 cm³/mol. The standard InChI is InChI=1S/C21H25NO5S/c1-26-12-13-27-18-8-4-6-16(14-18)21(23)22-17-7-5-11-20(15-17)28(24,25)19-9-2-3-10-19/h4-8,11,14-15,19H,2-3,9-10,12-13H2,1H3,(H,22,23). The molecule has 0 unspecified atom stereocenters. The number of nitrogens with one attached hydrogen (secondary N) is 1. The summed E-state index contributed by atoms with van der Waals surface area (Å²) >= 11 is 0. The molecule has 1 fully saturated rings. The van der Waals surface area contributed by atoms with E-state index < -0.39 is 9.84 Å². The van der Waals surface area contributed by atoms with Crippen molar-refractivity contribution in [2.75, 3.05) is 25.6 Å². The van der Waals surface area contributed by atoms with Gasteiger partial charge in [-0.25, -0.2) is 8.42 Å². The van der Waals surface area contributed by atoms with Gasteiger partial charge in [0, 0.05) is 18.4 Å². The van der Waals surface area contributed by atoms with Gasteiger partial charge < -0.3 is 14.8 Å². The highest BCUT2D eigenvalue weighted by Crippen LogP contribution is 2.30. The van der Waals surface area contributed by atoms with E-state index in [4.69, 9.17) is 9.47 Å². The number of hydrogen-bond donors (Lipinski definition) is 1. The normalized spacial score (nSPS) is 14.8. The zero-order chi connectivity index (χ0) is 20.0. The monoisotopic (exact) mass is 403 g/mol. The van der Waals surface area contributed by atoms with Gasteiger partial charge in [0.25, 0.3) is 5.91 Å². The quantitative estimate of drug-likeness (QED) is 0.680. The Kier molecular flexibility index (Phi) is 6.70. The number of ether oxygens (including phenoxy) is 2. The smallest absolute Gasteiger partial charge is 0.255 e. The van der Waals surface area contributed by atoms with Gasteiger partial charge in [0.2, 0.25) is 0 Å². The van der Waals surface area contributed by atoms with E-state index in [1.807, 2.05) is 0 Å². The van der Waals surface area contributed by atoms with Crippen molar-refractivity contribution in [3.8, 4) is 5.75 Å². The number of methoxy groups -OCH3 is 1. The van der Waals surface area contributed by atoms with Crippen molar-refractivity contribution < 1.29 is 22.7 Å². The minimum atomic E-state index is -3.36. The van der Waals surface area contributed by atoms with Crippen LogP contribution >= 0.6 is 0 Å². The summed E-state index contributed by atoms with van der Waals surface area (Å²) in [4.78, 5) is 12.8. The second kappa shape index (κ2) is 9.21. The molecule has 150 valence electrons. The van der Waals surface area contributed by atoms with Crippen LogP contribution in [0.4, 0.5) is 5.69 Å². The Morgan fingerprint density at radius 2 is 1.82 bits per heavy atom. The van der Waals surface area contributed by atoms with E-state index in [9.17, 15) is 13.2 Å². The van der Waals surface area contributed by atoms with Crippen LogP contribution < -0.4 is 10.1 Å². The van der Waals surface area contributed by atoms with Crippen molar-refractivity contribution in [1.82, 2.24) is 0 Å². The van der Waals surface area contributed by atoms with E-state index in [0.29, 0.717) is 43.1 Å². The summed E-state index contributed by atoms with van der Waals surface area (Å²) in [6.07, 6.45) is 3.30. The van der Waals surface area contributed by atoms with Gasteiger partial charge in [-0.1, -0.05) is 25.0 Å². The van der Waals surface area contributed by atoms with Crippen molar-refractivity contribution in [3.05, 3.63) is 54.1 Å². The number of hydrogen-bond acceptors (Lipinski definition) is 5. The molecule has 0 aliphatic heterocycles. The molecule has 0 saturated heterocycles. The zero-order valence-corrected chi connectivity index (χ0v) is 16.7. The molecule has 2 aromatic carbocycles. The minimum Gasteiger partial charge on any atom is -0.491 e. The number of anilines is 1. The van der Waals surface area contributed by atoms with Gasteiger partial charge in [-0.05, 0) is 49.2 Å². The molecule has 0 bridgehead atoms. The van der Waals surface area contributed by atoms with Gasteiger partial charge in [-0.15, -0.1) is 0 Å². The van der Waals surface area contributed by atoms with Crippen LogP contribution in [0.2, 0.25) is 0 Å². The third-order valence-corrected chi connectivity index (χ3v) is 7.07. The average Bonchev–Trinajstić information content (AvgIpc) is 3.24. The minimum absolute atomic E-state index is 0.258. The molecule has 28 heavy (non-hydrogen) atoms. The Bertz CT molecular complexity index is 920. The van der Waals surface area contributed by atoms with E-state index >= 15 is 0 Å². The number of sulfone groups is 1. The molecule has 1 saturated carbocycles. The predicted octanol–water partition coefficient (Wildman–Crippen LogP) is 3.68. The van der Waals surface area contributed by atoms with Gasteiger partial charge in [-0.2, -0.15) is 0 Å². The van der Waals surface area contributed by atoms with E-state index in [0.717, 1.165) is 12.8 Å². The molecule has 0 heterocycles. The number of benzene rings is 2. The Balaban J connectivity index is 1.72. The van der Waals surface area contributed by atoms with E-state index in [2.05, 4.69) is 5.32 Å². The van der Waals surface area contributed by atoms with Gasteiger partial charge >= 0.3 is 0 Å². The molecule has 2 aromatic rings. The summed E-state index contributed by atoms with van der Waals surface area (Å²) in [6, 6.07) is 13.3. The highest BCUT2D eigenvalue weighted by atomic mass is 32.2. The Labute approximate surface area is 165 Å². The van der Waals surface area contributed by atoms with Crippen molar-refractivity contribution in [1.29, 1.82) is 0 Å². The maximum absolute atomic E-state index is 12.8. The molecule has 1 amide bonds. The molecular formula is C21H25NO5S. The summed E-state index contributed by atoms with van der Waals surface area (Å²) < 4.78 is 36.0. The maximum atomic E-state index is 12.8. The molecule has 7 heteroatoms. The zero-order valence-electron chi connectivity index (χ0n) is 15.9. The number of carbonyl (C=O) groups excluding carboxylic acids is 1. The summed E-state index contributed by atoms with van der Waals surface area (Å²) in [5.41, 5.74) is 0.883. The molecule has 1 N–H and O–H groups in total. The lowest BCUT2D eigenvalue weighted by Crippen LogP contribution is -2.18. The Hall–Kier alpha value is -2.38. The van der Waals surface area contributed by atoms with Gasteiger partial charge in [0.15, 0.2) is 9.84 Å². The first-order valence-corrected chi connectivity index (χ1v) is 10.9.